The molecule has 0 atom stereocenters. The second kappa shape index (κ2) is 5.38. The van der Waals surface area contributed by atoms with Crippen molar-refractivity contribution in [3.05, 3.63) is 36.2 Å². The number of nitrogens with two attached hydrogens (primary N) is 1. The van der Waals surface area contributed by atoms with Crippen LogP contribution in [0, 0.1) is 0 Å². The van der Waals surface area contributed by atoms with Crippen molar-refractivity contribution >= 4 is 11.9 Å². The summed E-state index contributed by atoms with van der Waals surface area (Å²) >= 11 is 0. The maximum absolute atomic E-state index is 11.9. The molecule has 0 unspecified atom stereocenters. The maximum atomic E-state index is 11.9. The van der Waals surface area contributed by atoms with Gasteiger partial charge in [0.25, 0.3) is 0 Å². The van der Waals surface area contributed by atoms with Crippen molar-refractivity contribution in [2.75, 3.05) is 12.8 Å². The first-order valence-electron chi connectivity index (χ1n) is 5.71. The first kappa shape index (κ1) is 12.9. The Morgan fingerprint density at radius 3 is 2.68 bits per heavy atom. The molecule has 7 nitrogen and oxygen atoms in total. The second-order valence-corrected chi connectivity index (χ2v) is 4.22. The Kier molecular flexibility index (Phi) is 3.65. The summed E-state index contributed by atoms with van der Waals surface area (Å²) in [5.74, 6) is 0.253. The van der Waals surface area contributed by atoms with E-state index in [-0.39, 0.29) is 24.1 Å². The number of nitrogen functional groups attached to an aromatic ring is 1. The fourth-order valence-electron chi connectivity index (χ4n) is 1.61. The minimum Gasteiger partial charge on any atom is -0.508 e. The molecular formula is C12H15N5O2. The normalized spacial score (nSPS) is 10.4. The Morgan fingerprint density at radius 2 is 2.11 bits per heavy atom. The minimum atomic E-state index is -0.0991. The van der Waals surface area contributed by atoms with Gasteiger partial charge in [0.05, 0.1) is 0 Å². The molecule has 0 radical (unpaired) electrons. The first-order chi connectivity index (χ1) is 9.04. The molecule has 0 aliphatic heterocycles. The molecule has 0 saturated heterocycles. The highest BCUT2D eigenvalue weighted by Crippen LogP contribution is 2.11. The topological polar surface area (TPSA) is 97.3 Å². The van der Waals surface area contributed by atoms with E-state index >= 15 is 0 Å². The fraction of sp³-hybridized carbons (Fsp3) is 0.250. The Hall–Kier alpha value is -2.57. The predicted octanol–water partition coefficient (Wildman–Crippen LogP) is 0.225. The average molecular weight is 261 g/mol. The zero-order chi connectivity index (χ0) is 13.8. The van der Waals surface area contributed by atoms with Gasteiger partial charge in [-0.15, -0.1) is 5.10 Å². The molecule has 19 heavy (non-hydrogen) atoms. The van der Waals surface area contributed by atoms with Crippen LogP contribution in [0.4, 0.5) is 5.95 Å². The van der Waals surface area contributed by atoms with Crippen LogP contribution in [0.25, 0.3) is 0 Å². The molecule has 3 N–H and O–H groups in total. The quantitative estimate of drug-likeness (QED) is 0.820. The van der Waals surface area contributed by atoms with Crippen molar-refractivity contribution in [1.29, 1.82) is 0 Å². The van der Waals surface area contributed by atoms with Gasteiger partial charge in [0.1, 0.15) is 18.6 Å². The third-order valence-electron chi connectivity index (χ3n) is 2.63. The van der Waals surface area contributed by atoms with Crippen LogP contribution in [-0.2, 0) is 17.9 Å². The number of aromatic hydroxyl groups is 1. The number of likely N-dealkylation sites (N-methyl/N-ethyl adjacent to an activating group) is 1. The van der Waals surface area contributed by atoms with E-state index in [4.69, 9.17) is 5.73 Å². The van der Waals surface area contributed by atoms with Crippen LogP contribution in [0.1, 0.15) is 5.56 Å². The van der Waals surface area contributed by atoms with E-state index in [1.165, 1.54) is 11.0 Å². The van der Waals surface area contributed by atoms with Crippen molar-refractivity contribution in [3.63, 3.8) is 0 Å². The van der Waals surface area contributed by atoms with Gasteiger partial charge < -0.3 is 15.7 Å². The largest absolute Gasteiger partial charge is 0.508 e. The fourth-order valence-corrected chi connectivity index (χ4v) is 1.61. The summed E-state index contributed by atoms with van der Waals surface area (Å²) in [6.07, 6.45) is 1.42. The Morgan fingerprint density at radius 1 is 1.42 bits per heavy atom. The van der Waals surface area contributed by atoms with Crippen LogP contribution in [0.5, 0.6) is 5.75 Å². The van der Waals surface area contributed by atoms with Crippen LogP contribution < -0.4 is 5.73 Å². The molecule has 100 valence electrons. The number of benzene rings is 1. The van der Waals surface area contributed by atoms with E-state index in [1.54, 1.807) is 36.2 Å². The average Bonchev–Trinajstić information content (AvgIpc) is 2.77. The summed E-state index contributed by atoms with van der Waals surface area (Å²) in [4.78, 5) is 17.3. The van der Waals surface area contributed by atoms with Gasteiger partial charge in [0.2, 0.25) is 11.9 Å². The number of anilines is 1. The molecular weight excluding hydrogens is 246 g/mol. The molecule has 0 saturated carbocycles. The molecule has 0 bridgehead atoms. The minimum absolute atomic E-state index is 0.0960. The number of carbonyl (C=O) groups excluding carboxylic acids is 1. The van der Waals surface area contributed by atoms with Gasteiger partial charge in [0, 0.05) is 13.6 Å². The molecule has 0 aliphatic rings. The summed E-state index contributed by atoms with van der Waals surface area (Å²) in [5.41, 5.74) is 6.31. The lowest BCUT2D eigenvalue weighted by Gasteiger charge is -2.17. The molecule has 0 aliphatic carbocycles. The summed E-state index contributed by atoms with van der Waals surface area (Å²) < 4.78 is 1.39. The summed E-state index contributed by atoms with van der Waals surface area (Å²) in [7, 11) is 1.70. The van der Waals surface area contributed by atoms with Gasteiger partial charge in [-0.1, -0.05) is 12.1 Å². The monoisotopic (exact) mass is 261 g/mol. The van der Waals surface area contributed by atoms with E-state index in [9.17, 15) is 9.90 Å². The number of phenolic OH excluding ortho intramolecular Hbond substituents is 1. The number of amides is 1. The molecule has 2 rings (SSSR count). The van der Waals surface area contributed by atoms with Crippen LogP contribution in [-0.4, -0.2) is 37.7 Å². The van der Waals surface area contributed by atoms with Gasteiger partial charge in [-0.3, -0.25) is 4.79 Å². The van der Waals surface area contributed by atoms with Gasteiger partial charge in [-0.25, -0.2) is 9.67 Å². The Labute approximate surface area is 110 Å². The van der Waals surface area contributed by atoms with Gasteiger partial charge in [-0.2, -0.15) is 0 Å². The van der Waals surface area contributed by atoms with Crippen LogP contribution in [0.15, 0.2) is 30.6 Å². The highest BCUT2D eigenvalue weighted by Gasteiger charge is 2.11. The number of nitrogens with zero attached hydrogens (tertiary/aromatic N) is 4. The highest BCUT2D eigenvalue weighted by atomic mass is 16.3. The zero-order valence-corrected chi connectivity index (χ0v) is 10.5. The van der Waals surface area contributed by atoms with Crippen molar-refractivity contribution in [1.82, 2.24) is 19.7 Å². The third kappa shape index (κ3) is 3.44. The van der Waals surface area contributed by atoms with E-state index in [2.05, 4.69) is 10.1 Å². The lowest BCUT2D eigenvalue weighted by molar-refractivity contribution is -0.131. The first-order valence-corrected chi connectivity index (χ1v) is 5.71. The molecule has 0 spiro atoms. The summed E-state index contributed by atoms with van der Waals surface area (Å²) in [6.45, 7) is 0.558. The van der Waals surface area contributed by atoms with E-state index in [0.717, 1.165) is 5.56 Å². The van der Waals surface area contributed by atoms with Crippen LogP contribution >= 0.6 is 0 Å². The van der Waals surface area contributed by atoms with Gasteiger partial charge >= 0.3 is 0 Å². The summed E-state index contributed by atoms with van der Waals surface area (Å²) in [6, 6.07) is 6.72. The second-order valence-electron chi connectivity index (χ2n) is 4.22. The number of rotatable bonds is 4. The zero-order valence-electron chi connectivity index (χ0n) is 10.5. The van der Waals surface area contributed by atoms with Crippen molar-refractivity contribution in [2.24, 2.45) is 0 Å². The van der Waals surface area contributed by atoms with Crippen LogP contribution in [0.2, 0.25) is 0 Å². The Bertz CT molecular complexity index is 564. The van der Waals surface area contributed by atoms with E-state index < -0.39 is 0 Å². The SMILES string of the molecule is CN(Cc1ccc(O)cc1)C(=O)Cn1cnc(N)n1. The van der Waals surface area contributed by atoms with Crippen molar-refractivity contribution < 1.29 is 9.90 Å². The molecule has 7 heteroatoms. The lowest BCUT2D eigenvalue weighted by Crippen LogP contribution is -2.29. The third-order valence-corrected chi connectivity index (χ3v) is 2.63. The van der Waals surface area contributed by atoms with E-state index in [1.807, 2.05) is 0 Å². The molecule has 1 heterocycles. The van der Waals surface area contributed by atoms with Gasteiger partial charge in [0.15, 0.2) is 0 Å². The maximum Gasteiger partial charge on any atom is 0.244 e. The van der Waals surface area contributed by atoms with Gasteiger partial charge in [-0.05, 0) is 17.7 Å². The number of hydrogen-bond acceptors (Lipinski definition) is 5. The van der Waals surface area contributed by atoms with E-state index in [0.29, 0.717) is 6.54 Å². The van der Waals surface area contributed by atoms with Crippen molar-refractivity contribution in [3.8, 4) is 5.75 Å². The highest BCUT2D eigenvalue weighted by molar-refractivity contribution is 5.75. The smallest absolute Gasteiger partial charge is 0.244 e. The Balaban J connectivity index is 1.94. The number of carbonyl (C=O) groups is 1. The predicted molar refractivity (Wildman–Crippen MR) is 69.0 cm³/mol. The lowest BCUT2D eigenvalue weighted by atomic mass is 10.2. The number of phenols is 1. The molecule has 1 aromatic carbocycles. The van der Waals surface area contributed by atoms with Crippen LogP contribution in [0.3, 0.4) is 0 Å². The number of aromatic nitrogens is 3. The molecule has 0 fully saturated rings. The molecule has 1 amide bonds. The molecule has 1 aromatic heterocycles. The molecule has 2 aromatic rings. The number of hydrogen-bond donors (Lipinski definition) is 2. The van der Waals surface area contributed by atoms with Crippen molar-refractivity contribution in [2.45, 2.75) is 13.1 Å². The standard InChI is InChI=1S/C12H15N5O2/c1-16(6-9-2-4-10(18)5-3-9)11(19)7-17-8-14-12(13)15-17/h2-5,8,18H,6-7H2,1H3,(H2,13,15). The summed E-state index contributed by atoms with van der Waals surface area (Å²) in [5, 5.41) is 13.0.